The minimum absolute atomic E-state index is 0.0906. The molecule has 0 spiro atoms. The lowest BCUT2D eigenvalue weighted by Crippen LogP contribution is -2.07. The number of hydrogen-bond donors (Lipinski definition) is 0. The van der Waals surface area contributed by atoms with Crippen LogP contribution in [-0.2, 0) is 0 Å². The number of benzene rings is 2. The highest BCUT2D eigenvalue weighted by Crippen LogP contribution is 2.30. The van der Waals surface area contributed by atoms with Gasteiger partial charge in [-0.05, 0) is 49.4 Å². The number of hydrogen-bond acceptors (Lipinski definition) is 7. The second kappa shape index (κ2) is 9.65. The number of carbonyl (C=O) groups excluding carboxylic acids is 1. The molecule has 0 amide bonds. The molecule has 2 heterocycles. The van der Waals surface area contributed by atoms with Gasteiger partial charge in [0.1, 0.15) is 11.5 Å². The van der Waals surface area contributed by atoms with Gasteiger partial charge in [-0.2, -0.15) is 0 Å². The molecular weight excluding hydrogens is 424 g/mol. The molecule has 162 valence electrons. The second-order valence-electron chi connectivity index (χ2n) is 7.00. The van der Waals surface area contributed by atoms with Crippen LogP contribution >= 0.6 is 11.8 Å². The van der Waals surface area contributed by atoms with E-state index in [9.17, 15) is 4.79 Å². The lowest BCUT2D eigenvalue weighted by atomic mass is 10.1. The van der Waals surface area contributed by atoms with E-state index in [1.807, 2.05) is 47.9 Å². The highest BCUT2D eigenvalue weighted by Gasteiger charge is 2.19. The number of nitrogens with zero attached hydrogens (tertiary/aromatic N) is 4. The van der Waals surface area contributed by atoms with Crippen LogP contribution in [0.3, 0.4) is 0 Å². The SMILES string of the molecule is COc1ccc(OC)c(C(=O)CSc2nnc(-c3cccnc3)n2-c2ccc(C)cc2)c1. The first-order valence-corrected chi connectivity index (χ1v) is 10.9. The number of Topliss-reactive ketones (excluding diaryl/α,β-unsaturated/α-hetero) is 1. The molecule has 0 saturated heterocycles. The minimum atomic E-state index is -0.0906. The lowest BCUT2D eigenvalue weighted by Gasteiger charge is -2.11. The van der Waals surface area contributed by atoms with Crippen molar-refractivity contribution in [2.75, 3.05) is 20.0 Å². The maximum atomic E-state index is 13.0. The summed E-state index contributed by atoms with van der Waals surface area (Å²) in [6.45, 7) is 2.04. The van der Waals surface area contributed by atoms with Gasteiger partial charge < -0.3 is 9.47 Å². The molecule has 0 aliphatic heterocycles. The zero-order valence-electron chi connectivity index (χ0n) is 18.0. The molecule has 0 aliphatic carbocycles. The van der Waals surface area contributed by atoms with Gasteiger partial charge in [-0.3, -0.25) is 14.3 Å². The van der Waals surface area contributed by atoms with E-state index in [-0.39, 0.29) is 11.5 Å². The Bertz CT molecular complexity index is 1220. The number of rotatable bonds is 8. The van der Waals surface area contributed by atoms with E-state index in [4.69, 9.17) is 9.47 Å². The fourth-order valence-electron chi connectivity index (χ4n) is 3.21. The number of methoxy groups -OCH3 is 2. The van der Waals surface area contributed by atoms with Crippen molar-refractivity contribution >= 4 is 17.5 Å². The van der Waals surface area contributed by atoms with E-state index in [0.29, 0.717) is 28.0 Å². The van der Waals surface area contributed by atoms with Crippen LogP contribution in [0.25, 0.3) is 17.1 Å². The summed E-state index contributed by atoms with van der Waals surface area (Å²) in [4.78, 5) is 17.2. The summed E-state index contributed by atoms with van der Waals surface area (Å²) in [6.07, 6.45) is 3.46. The molecule has 0 N–H and O–H groups in total. The molecule has 0 atom stereocenters. The molecule has 32 heavy (non-hydrogen) atoms. The Labute approximate surface area is 190 Å². The highest BCUT2D eigenvalue weighted by atomic mass is 32.2. The first-order chi connectivity index (χ1) is 15.6. The third-order valence-corrected chi connectivity index (χ3v) is 5.81. The van der Waals surface area contributed by atoms with Crippen LogP contribution in [0.2, 0.25) is 0 Å². The average Bonchev–Trinajstić information content (AvgIpc) is 3.27. The van der Waals surface area contributed by atoms with Crippen molar-refractivity contribution in [1.82, 2.24) is 19.7 Å². The average molecular weight is 447 g/mol. The quantitative estimate of drug-likeness (QED) is 0.288. The van der Waals surface area contributed by atoms with Gasteiger partial charge in [-0.1, -0.05) is 29.5 Å². The Hall–Kier alpha value is -3.65. The van der Waals surface area contributed by atoms with Crippen molar-refractivity contribution in [2.45, 2.75) is 12.1 Å². The summed E-state index contributed by atoms with van der Waals surface area (Å²) in [5, 5.41) is 9.38. The molecule has 0 unspecified atom stereocenters. The third-order valence-electron chi connectivity index (χ3n) is 4.88. The lowest BCUT2D eigenvalue weighted by molar-refractivity contribution is 0.101. The minimum Gasteiger partial charge on any atom is -0.497 e. The predicted molar refractivity (Wildman–Crippen MR) is 124 cm³/mol. The standard InChI is InChI=1S/C24H22N4O3S/c1-16-6-8-18(9-7-16)28-23(17-5-4-12-25-14-17)26-27-24(28)32-15-21(29)20-13-19(30-2)10-11-22(20)31-3/h4-14H,15H2,1-3H3. The number of pyridine rings is 1. The Morgan fingerprint density at radius 2 is 1.84 bits per heavy atom. The molecule has 0 fully saturated rings. The van der Waals surface area contributed by atoms with Crippen LogP contribution in [-0.4, -0.2) is 45.5 Å². The van der Waals surface area contributed by atoms with E-state index in [2.05, 4.69) is 15.2 Å². The number of thioether (sulfide) groups is 1. The number of ether oxygens (including phenoxy) is 2. The van der Waals surface area contributed by atoms with Crippen LogP contribution in [0.15, 0.2) is 72.1 Å². The van der Waals surface area contributed by atoms with Gasteiger partial charge in [-0.25, -0.2) is 0 Å². The number of aromatic nitrogens is 4. The Morgan fingerprint density at radius 1 is 1.03 bits per heavy atom. The van der Waals surface area contributed by atoms with Crippen molar-refractivity contribution in [3.05, 3.63) is 78.1 Å². The van der Waals surface area contributed by atoms with Crippen molar-refractivity contribution in [3.8, 4) is 28.6 Å². The zero-order valence-corrected chi connectivity index (χ0v) is 18.8. The van der Waals surface area contributed by atoms with Crippen molar-refractivity contribution in [1.29, 1.82) is 0 Å². The van der Waals surface area contributed by atoms with Crippen LogP contribution < -0.4 is 9.47 Å². The van der Waals surface area contributed by atoms with Crippen LogP contribution in [0.5, 0.6) is 11.5 Å². The topological polar surface area (TPSA) is 79.1 Å². The van der Waals surface area contributed by atoms with E-state index in [1.165, 1.54) is 11.8 Å². The molecule has 4 rings (SSSR count). The molecule has 7 nitrogen and oxygen atoms in total. The molecular formula is C24H22N4O3S. The maximum absolute atomic E-state index is 13.0. The summed E-state index contributed by atoms with van der Waals surface area (Å²) in [5.74, 6) is 1.84. The van der Waals surface area contributed by atoms with Crippen LogP contribution in [0.1, 0.15) is 15.9 Å². The van der Waals surface area contributed by atoms with E-state index >= 15 is 0 Å². The van der Waals surface area contributed by atoms with Crippen molar-refractivity contribution in [2.24, 2.45) is 0 Å². The molecule has 2 aromatic carbocycles. The highest BCUT2D eigenvalue weighted by molar-refractivity contribution is 7.99. The van der Waals surface area contributed by atoms with Gasteiger partial charge in [-0.15, -0.1) is 10.2 Å². The first-order valence-electron chi connectivity index (χ1n) is 9.91. The van der Waals surface area contributed by atoms with Gasteiger partial charge in [0, 0.05) is 23.6 Å². The Kier molecular flexibility index (Phi) is 6.51. The summed E-state index contributed by atoms with van der Waals surface area (Å²) < 4.78 is 12.6. The van der Waals surface area contributed by atoms with Gasteiger partial charge >= 0.3 is 0 Å². The Morgan fingerprint density at radius 3 is 2.53 bits per heavy atom. The van der Waals surface area contributed by atoms with E-state index in [1.54, 1.807) is 44.8 Å². The molecule has 2 aromatic heterocycles. The van der Waals surface area contributed by atoms with Crippen molar-refractivity contribution < 1.29 is 14.3 Å². The molecule has 4 aromatic rings. The summed E-state index contributed by atoms with van der Waals surface area (Å²) in [6, 6.07) is 17.0. The fraction of sp³-hybridized carbons (Fsp3) is 0.167. The van der Waals surface area contributed by atoms with Crippen LogP contribution in [0.4, 0.5) is 0 Å². The van der Waals surface area contributed by atoms with Crippen molar-refractivity contribution in [3.63, 3.8) is 0 Å². The van der Waals surface area contributed by atoms with Gasteiger partial charge in [0.25, 0.3) is 0 Å². The third kappa shape index (κ3) is 4.50. The van der Waals surface area contributed by atoms with Gasteiger partial charge in [0.2, 0.25) is 0 Å². The molecule has 0 radical (unpaired) electrons. The van der Waals surface area contributed by atoms with Gasteiger partial charge in [0.05, 0.1) is 25.5 Å². The van der Waals surface area contributed by atoms with E-state index < -0.39 is 0 Å². The monoisotopic (exact) mass is 446 g/mol. The fourth-order valence-corrected chi connectivity index (χ4v) is 4.05. The molecule has 0 bridgehead atoms. The smallest absolute Gasteiger partial charge is 0.196 e. The number of aryl methyl sites for hydroxylation is 1. The predicted octanol–water partition coefficient (Wildman–Crippen LogP) is 4.63. The van der Waals surface area contributed by atoms with Crippen LogP contribution in [0, 0.1) is 6.92 Å². The first kappa shape index (κ1) is 21.6. The van der Waals surface area contributed by atoms with E-state index in [0.717, 1.165) is 16.8 Å². The normalized spacial score (nSPS) is 10.7. The number of carbonyl (C=O) groups is 1. The molecule has 0 aliphatic rings. The second-order valence-corrected chi connectivity index (χ2v) is 7.94. The summed E-state index contributed by atoms with van der Waals surface area (Å²) in [7, 11) is 3.11. The Balaban J connectivity index is 1.67. The molecule has 8 heteroatoms. The summed E-state index contributed by atoms with van der Waals surface area (Å²) in [5.41, 5.74) is 3.37. The zero-order chi connectivity index (χ0) is 22.5. The van der Waals surface area contributed by atoms with Gasteiger partial charge in [0.15, 0.2) is 16.8 Å². The maximum Gasteiger partial charge on any atom is 0.196 e. The molecule has 0 saturated carbocycles. The summed E-state index contributed by atoms with van der Waals surface area (Å²) >= 11 is 1.32. The number of ketones is 1. The largest absolute Gasteiger partial charge is 0.497 e.